The SMILES string of the molecule is OB(O)c1cc(Br)cc(Br)c1.[HH].[HH]. The molecule has 0 unspecified atom stereocenters. The van der Waals surface area contributed by atoms with Crippen LogP contribution in [-0.2, 0) is 0 Å². The molecule has 0 radical (unpaired) electrons. The van der Waals surface area contributed by atoms with Crippen molar-refractivity contribution in [3.63, 3.8) is 0 Å². The van der Waals surface area contributed by atoms with E-state index < -0.39 is 7.12 Å². The Kier molecular flexibility index (Phi) is 3.12. The van der Waals surface area contributed by atoms with Gasteiger partial charge in [-0.1, -0.05) is 31.9 Å². The number of hydrogen-bond acceptors (Lipinski definition) is 2. The van der Waals surface area contributed by atoms with E-state index in [1.54, 1.807) is 12.1 Å². The van der Waals surface area contributed by atoms with Crippen LogP contribution in [-0.4, -0.2) is 17.2 Å². The van der Waals surface area contributed by atoms with Gasteiger partial charge >= 0.3 is 7.12 Å². The third-order valence-electron chi connectivity index (χ3n) is 1.18. The molecule has 62 valence electrons. The Balaban J connectivity index is 0. The van der Waals surface area contributed by atoms with Crippen LogP contribution in [0.4, 0.5) is 0 Å². The summed E-state index contributed by atoms with van der Waals surface area (Å²) in [5.41, 5.74) is 0.464. The van der Waals surface area contributed by atoms with Gasteiger partial charge in [-0.05, 0) is 23.7 Å². The van der Waals surface area contributed by atoms with E-state index >= 15 is 0 Å². The molecule has 1 aromatic carbocycles. The third kappa shape index (κ3) is 2.59. The van der Waals surface area contributed by atoms with Crippen molar-refractivity contribution < 1.29 is 12.9 Å². The third-order valence-corrected chi connectivity index (χ3v) is 2.10. The molecule has 0 spiro atoms. The molecule has 2 N–H and O–H groups in total. The summed E-state index contributed by atoms with van der Waals surface area (Å²) >= 11 is 6.46. The van der Waals surface area contributed by atoms with Crippen LogP contribution in [0.2, 0.25) is 0 Å². The standard InChI is InChI=1S/C6H5BBr2O2.2H2/c8-5-1-4(7(10)11)2-6(9)3-5;;/h1-3,10-11H;2*1H. The molecule has 0 atom stereocenters. The summed E-state index contributed by atoms with van der Waals surface area (Å²) in [4.78, 5) is 0. The molecule has 0 aliphatic rings. The molecule has 0 amide bonds. The lowest BCUT2D eigenvalue weighted by atomic mass is 9.81. The number of halogens is 2. The van der Waals surface area contributed by atoms with Crippen LogP contribution in [0, 0.1) is 0 Å². The van der Waals surface area contributed by atoms with Crippen molar-refractivity contribution in [1.82, 2.24) is 0 Å². The van der Waals surface area contributed by atoms with Gasteiger partial charge in [-0.2, -0.15) is 0 Å². The molecular formula is C6H9BBr2O2. The molecule has 1 aromatic rings. The van der Waals surface area contributed by atoms with Crippen molar-refractivity contribution in [3.8, 4) is 0 Å². The van der Waals surface area contributed by atoms with Gasteiger partial charge in [0.25, 0.3) is 0 Å². The molecule has 0 saturated carbocycles. The molecule has 2 nitrogen and oxygen atoms in total. The van der Waals surface area contributed by atoms with Crippen molar-refractivity contribution >= 4 is 44.4 Å². The first-order valence-corrected chi connectivity index (χ1v) is 4.50. The predicted octanol–water partition coefficient (Wildman–Crippen LogP) is 1.38. The number of benzene rings is 1. The second-order valence-electron chi connectivity index (χ2n) is 2.08. The first-order valence-electron chi connectivity index (χ1n) is 2.92. The fourth-order valence-electron chi connectivity index (χ4n) is 0.724. The Morgan fingerprint density at radius 3 is 1.91 bits per heavy atom. The Bertz CT molecular complexity index is 253. The molecule has 0 saturated heterocycles. The minimum Gasteiger partial charge on any atom is -0.423 e. The van der Waals surface area contributed by atoms with Crippen molar-refractivity contribution in [3.05, 3.63) is 27.1 Å². The van der Waals surface area contributed by atoms with E-state index in [0.717, 1.165) is 8.95 Å². The maximum atomic E-state index is 8.79. The van der Waals surface area contributed by atoms with E-state index in [1.807, 2.05) is 6.07 Å². The van der Waals surface area contributed by atoms with Crippen LogP contribution < -0.4 is 5.46 Å². The Morgan fingerprint density at radius 2 is 1.55 bits per heavy atom. The molecule has 1 rings (SSSR count). The summed E-state index contributed by atoms with van der Waals surface area (Å²) < 4.78 is 1.63. The fraction of sp³-hybridized carbons (Fsp3) is 0. The van der Waals surface area contributed by atoms with Crippen LogP contribution in [0.25, 0.3) is 0 Å². The minimum absolute atomic E-state index is 0. The molecule has 0 heterocycles. The Morgan fingerprint density at radius 1 is 1.09 bits per heavy atom. The van der Waals surface area contributed by atoms with E-state index in [0.29, 0.717) is 5.46 Å². The summed E-state index contributed by atoms with van der Waals surface area (Å²) in [5.74, 6) is 0. The first kappa shape index (κ1) is 9.25. The molecular weight excluding hydrogens is 275 g/mol. The predicted molar refractivity (Wildman–Crippen MR) is 55.9 cm³/mol. The highest BCUT2D eigenvalue weighted by Gasteiger charge is 2.11. The molecule has 11 heavy (non-hydrogen) atoms. The van der Waals surface area contributed by atoms with Gasteiger partial charge in [0.1, 0.15) is 0 Å². The smallest absolute Gasteiger partial charge is 0.423 e. The second-order valence-corrected chi connectivity index (χ2v) is 3.91. The van der Waals surface area contributed by atoms with Gasteiger partial charge < -0.3 is 10.0 Å². The van der Waals surface area contributed by atoms with Crippen LogP contribution >= 0.6 is 31.9 Å². The van der Waals surface area contributed by atoms with E-state index in [4.69, 9.17) is 10.0 Å². The fourth-order valence-corrected chi connectivity index (χ4v) is 2.05. The van der Waals surface area contributed by atoms with Crippen LogP contribution in [0.5, 0.6) is 0 Å². The zero-order valence-electron chi connectivity index (χ0n) is 5.46. The normalized spacial score (nSPS) is 9.82. The summed E-state index contributed by atoms with van der Waals surface area (Å²) in [7, 11) is -1.41. The van der Waals surface area contributed by atoms with E-state index in [1.165, 1.54) is 0 Å². The van der Waals surface area contributed by atoms with Gasteiger partial charge in [0.2, 0.25) is 0 Å². The van der Waals surface area contributed by atoms with E-state index in [2.05, 4.69) is 31.9 Å². The van der Waals surface area contributed by atoms with Gasteiger partial charge in [0.15, 0.2) is 0 Å². The average molecular weight is 284 g/mol. The molecule has 0 aliphatic carbocycles. The summed E-state index contributed by atoms with van der Waals surface area (Å²) in [6.45, 7) is 0. The maximum Gasteiger partial charge on any atom is 0.488 e. The van der Waals surface area contributed by atoms with Crippen molar-refractivity contribution in [2.45, 2.75) is 0 Å². The highest BCUT2D eigenvalue weighted by molar-refractivity contribution is 9.11. The summed E-state index contributed by atoms with van der Waals surface area (Å²) in [5, 5.41) is 17.6. The molecule has 5 heteroatoms. The lowest BCUT2D eigenvalue weighted by Gasteiger charge is -2.00. The first-order chi connectivity index (χ1) is 5.09. The van der Waals surface area contributed by atoms with Crippen LogP contribution in [0.3, 0.4) is 0 Å². The highest BCUT2D eigenvalue weighted by Crippen LogP contribution is 2.15. The van der Waals surface area contributed by atoms with Crippen molar-refractivity contribution in [1.29, 1.82) is 0 Å². The van der Waals surface area contributed by atoms with Crippen molar-refractivity contribution in [2.24, 2.45) is 0 Å². The second kappa shape index (κ2) is 3.71. The minimum atomic E-state index is -1.41. The number of rotatable bonds is 1. The van der Waals surface area contributed by atoms with Crippen molar-refractivity contribution in [2.75, 3.05) is 0 Å². The summed E-state index contributed by atoms with van der Waals surface area (Å²) in [6, 6.07) is 5.12. The van der Waals surface area contributed by atoms with Gasteiger partial charge in [-0.25, -0.2) is 0 Å². The maximum absolute atomic E-state index is 8.79. The molecule has 0 fully saturated rings. The molecule has 0 aromatic heterocycles. The Labute approximate surface area is 84.6 Å². The quantitative estimate of drug-likeness (QED) is 0.765. The van der Waals surface area contributed by atoms with E-state index in [9.17, 15) is 0 Å². The zero-order chi connectivity index (χ0) is 8.43. The molecule has 0 aliphatic heterocycles. The van der Waals surface area contributed by atoms with E-state index in [-0.39, 0.29) is 2.85 Å². The van der Waals surface area contributed by atoms with Gasteiger partial charge in [0.05, 0.1) is 0 Å². The van der Waals surface area contributed by atoms with Crippen LogP contribution in [0.15, 0.2) is 27.1 Å². The Hall–Kier alpha value is 0.165. The average Bonchev–Trinajstić information content (AvgIpc) is 1.85. The number of hydrogen-bond donors (Lipinski definition) is 2. The lowest BCUT2D eigenvalue weighted by Crippen LogP contribution is -2.29. The largest absolute Gasteiger partial charge is 0.488 e. The monoisotopic (exact) mass is 282 g/mol. The van der Waals surface area contributed by atoms with Gasteiger partial charge in [-0.3, -0.25) is 0 Å². The topological polar surface area (TPSA) is 40.5 Å². The lowest BCUT2D eigenvalue weighted by molar-refractivity contribution is 0.425. The van der Waals surface area contributed by atoms with Gasteiger partial charge in [0, 0.05) is 11.8 Å². The summed E-state index contributed by atoms with van der Waals surface area (Å²) in [6.07, 6.45) is 0. The highest BCUT2D eigenvalue weighted by atomic mass is 79.9. The van der Waals surface area contributed by atoms with Gasteiger partial charge in [-0.15, -0.1) is 0 Å². The zero-order valence-corrected chi connectivity index (χ0v) is 8.63. The van der Waals surface area contributed by atoms with Crippen LogP contribution in [0.1, 0.15) is 2.85 Å². The molecule has 0 bridgehead atoms.